The lowest BCUT2D eigenvalue weighted by Crippen LogP contribution is -2.39. The number of likely N-dealkylation sites (tertiary alicyclic amines) is 1. The van der Waals surface area contributed by atoms with E-state index in [-0.39, 0.29) is 5.91 Å². The van der Waals surface area contributed by atoms with E-state index < -0.39 is 0 Å². The van der Waals surface area contributed by atoms with E-state index in [1.54, 1.807) is 6.20 Å². The smallest absolute Gasteiger partial charge is 0.222 e. The first-order valence-electron chi connectivity index (χ1n) is 10.5. The summed E-state index contributed by atoms with van der Waals surface area (Å²) in [6.07, 6.45) is 8.31. The normalized spacial score (nSPS) is 16.7. The Balaban J connectivity index is 1.37. The van der Waals surface area contributed by atoms with Crippen LogP contribution in [-0.4, -0.2) is 38.4 Å². The average Bonchev–Trinajstić information content (AvgIpc) is 3.20. The van der Waals surface area contributed by atoms with E-state index >= 15 is 0 Å². The monoisotopic (exact) mass is 388 g/mol. The van der Waals surface area contributed by atoms with E-state index in [1.807, 2.05) is 34.7 Å². The van der Waals surface area contributed by atoms with Crippen molar-refractivity contribution in [1.82, 2.24) is 19.4 Å². The van der Waals surface area contributed by atoms with Crippen LogP contribution in [0.5, 0.6) is 0 Å². The van der Waals surface area contributed by atoms with Gasteiger partial charge in [0.15, 0.2) is 0 Å². The average molecular weight is 389 g/mol. The standard InChI is InChI=1S/C24H28N4O/c1-19-25-15-17-28(19)23-13-6-12-22(26-23)21-11-7-16-27(18-21)24(29)14-5-10-20-8-3-2-4-9-20/h2-4,6,8-9,12-13,15,17,21H,5,7,10-11,14,16,18H2,1H3. The van der Waals surface area contributed by atoms with Gasteiger partial charge in [0.25, 0.3) is 0 Å². The molecule has 150 valence electrons. The lowest BCUT2D eigenvalue weighted by Gasteiger charge is -2.32. The van der Waals surface area contributed by atoms with Gasteiger partial charge in [0.05, 0.1) is 0 Å². The molecule has 0 spiro atoms. The summed E-state index contributed by atoms with van der Waals surface area (Å²) in [7, 11) is 0. The number of aromatic nitrogens is 3. The van der Waals surface area contributed by atoms with Crippen LogP contribution in [0.3, 0.4) is 0 Å². The molecule has 5 nitrogen and oxygen atoms in total. The van der Waals surface area contributed by atoms with Gasteiger partial charge in [0.2, 0.25) is 5.91 Å². The predicted molar refractivity (Wildman–Crippen MR) is 114 cm³/mol. The van der Waals surface area contributed by atoms with E-state index in [0.29, 0.717) is 12.3 Å². The van der Waals surface area contributed by atoms with Gasteiger partial charge in [-0.15, -0.1) is 0 Å². The first-order valence-corrected chi connectivity index (χ1v) is 10.5. The summed E-state index contributed by atoms with van der Waals surface area (Å²) in [5.74, 6) is 2.38. The molecule has 0 bridgehead atoms. The molecule has 4 rings (SSSR count). The number of pyridine rings is 1. The quantitative estimate of drug-likeness (QED) is 0.632. The molecule has 1 aliphatic heterocycles. The van der Waals surface area contributed by atoms with Crippen molar-refractivity contribution >= 4 is 5.91 Å². The van der Waals surface area contributed by atoms with Crippen LogP contribution in [0, 0.1) is 6.92 Å². The predicted octanol–water partition coefficient (Wildman–Crippen LogP) is 4.30. The van der Waals surface area contributed by atoms with E-state index in [1.165, 1.54) is 5.56 Å². The van der Waals surface area contributed by atoms with Gasteiger partial charge in [0.1, 0.15) is 11.6 Å². The molecule has 1 fully saturated rings. The van der Waals surface area contributed by atoms with Crippen molar-refractivity contribution in [3.8, 4) is 5.82 Å². The van der Waals surface area contributed by atoms with Crippen LogP contribution in [0.1, 0.15) is 48.7 Å². The first-order chi connectivity index (χ1) is 14.2. The van der Waals surface area contributed by atoms with Crippen molar-refractivity contribution in [3.63, 3.8) is 0 Å². The zero-order chi connectivity index (χ0) is 20.1. The molecular formula is C24H28N4O. The summed E-state index contributed by atoms with van der Waals surface area (Å²) < 4.78 is 2.00. The SMILES string of the molecule is Cc1nccn1-c1cccc(C2CCCN(C(=O)CCCc3ccccc3)C2)n1. The van der Waals surface area contributed by atoms with E-state index in [4.69, 9.17) is 4.98 Å². The Hall–Kier alpha value is -2.95. The minimum atomic E-state index is 0.271. The summed E-state index contributed by atoms with van der Waals surface area (Å²) in [5, 5.41) is 0. The summed E-state index contributed by atoms with van der Waals surface area (Å²) in [5.41, 5.74) is 2.37. The highest BCUT2D eigenvalue weighted by atomic mass is 16.2. The first kappa shape index (κ1) is 19.4. The minimum absolute atomic E-state index is 0.271. The second kappa shape index (κ2) is 9.03. The third kappa shape index (κ3) is 4.73. The second-order valence-corrected chi connectivity index (χ2v) is 7.78. The lowest BCUT2D eigenvalue weighted by molar-refractivity contribution is -0.132. The number of hydrogen-bond donors (Lipinski definition) is 0. The summed E-state index contributed by atoms with van der Waals surface area (Å²) >= 11 is 0. The maximum Gasteiger partial charge on any atom is 0.222 e. The van der Waals surface area contributed by atoms with Gasteiger partial charge < -0.3 is 4.90 Å². The van der Waals surface area contributed by atoms with Crippen molar-refractivity contribution < 1.29 is 4.79 Å². The number of aryl methyl sites for hydroxylation is 2. The summed E-state index contributed by atoms with van der Waals surface area (Å²) in [6.45, 7) is 3.61. The fourth-order valence-electron chi connectivity index (χ4n) is 4.11. The van der Waals surface area contributed by atoms with Crippen molar-refractivity contribution in [2.45, 2.75) is 44.9 Å². The summed E-state index contributed by atoms with van der Waals surface area (Å²) in [6, 6.07) is 16.5. The largest absolute Gasteiger partial charge is 0.342 e. The minimum Gasteiger partial charge on any atom is -0.342 e. The van der Waals surface area contributed by atoms with Crippen LogP contribution < -0.4 is 0 Å². The fraction of sp³-hybridized carbons (Fsp3) is 0.375. The highest BCUT2D eigenvalue weighted by Gasteiger charge is 2.25. The highest BCUT2D eigenvalue weighted by molar-refractivity contribution is 5.76. The van der Waals surface area contributed by atoms with Gasteiger partial charge in [-0.2, -0.15) is 0 Å². The third-order valence-electron chi connectivity index (χ3n) is 5.72. The van der Waals surface area contributed by atoms with Crippen LogP contribution in [0.2, 0.25) is 0 Å². The van der Waals surface area contributed by atoms with Crippen LogP contribution in [0.25, 0.3) is 5.82 Å². The number of piperidine rings is 1. The molecule has 0 saturated carbocycles. The van der Waals surface area contributed by atoms with Crippen LogP contribution in [0.4, 0.5) is 0 Å². The molecular weight excluding hydrogens is 360 g/mol. The molecule has 1 amide bonds. The number of hydrogen-bond acceptors (Lipinski definition) is 3. The third-order valence-corrected chi connectivity index (χ3v) is 5.72. The Kier molecular flexibility index (Phi) is 6.03. The number of amides is 1. The lowest BCUT2D eigenvalue weighted by atomic mass is 9.94. The van der Waals surface area contributed by atoms with Gasteiger partial charge in [-0.1, -0.05) is 36.4 Å². The van der Waals surface area contributed by atoms with Crippen molar-refractivity contribution in [3.05, 3.63) is 78.0 Å². The molecule has 29 heavy (non-hydrogen) atoms. The molecule has 2 aromatic heterocycles. The maximum atomic E-state index is 12.8. The van der Waals surface area contributed by atoms with Gasteiger partial charge in [-0.05, 0) is 50.3 Å². The summed E-state index contributed by atoms with van der Waals surface area (Å²) in [4.78, 5) is 24.0. The molecule has 1 atom stereocenters. The molecule has 3 aromatic rings. The van der Waals surface area contributed by atoms with E-state index in [2.05, 4.69) is 41.4 Å². The van der Waals surface area contributed by atoms with Crippen molar-refractivity contribution in [1.29, 1.82) is 0 Å². The van der Waals surface area contributed by atoms with Gasteiger partial charge in [0, 0.05) is 43.5 Å². The molecule has 0 aliphatic carbocycles. The van der Waals surface area contributed by atoms with Gasteiger partial charge >= 0.3 is 0 Å². The van der Waals surface area contributed by atoms with Crippen molar-refractivity contribution in [2.75, 3.05) is 13.1 Å². The second-order valence-electron chi connectivity index (χ2n) is 7.78. The maximum absolute atomic E-state index is 12.8. The number of rotatable bonds is 6. The fourth-order valence-corrected chi connectivity index (χ4v) is 4.11. The van der Waals surface area contributed by atoms with Crippen molar-refractivity contribution in [2.24, 2.45) is 0 Å². The van der Waals surface area contributed by atoms with Crippen LogP contribution >= 0.6 is 0 Å². The molecule has 1 saturated heterocycles. The topological polar surface area (TPSA) is 51.0 Å². The molecule has 0 radical (unpaired) electrons. The number of imidazole rings is 1. The Morgan fingerprint density at radius 3 is 2.79 bits per heavy atom. The number of nitrogens with zero attached hydrogens (tertiary/aromatic N) is 4. The van der Waals surface area contributed by atoms with Gasteiger partial charge in [-0.25, -0.2) is 9.97 Å². The zero-order valence-corrected chi connectivity index (χ0v) is 17.0. The van der Waals surface area contributed by atoms with E-state index in [0.717, 1.165) is 56.1 Å². The molecule has 1 aliphatic rings. The molecule has 1 aromatic carbocycles. The Bertz CT molecular complexity index is 950. The molecule has 0 N–H and O–H groups in total. The number of benzene rings is 1. The van der Waals surface area contributed by atoms with Crippen LogP contribution in [-0.2, 0) is 11.2 Å². The number of carbonyl (C=O) groups is 1. The zero-order valence-electron chi connectivity index (χ0n) is 17.0. The Morgan fingerprint density at radius 2 is 2.00 bits per heavy atom. The molecule has 3 heterocycles. The van der Waals surface area contributed by atoms with Gasteiger partial charge in [-0.3, -0.25) is 9.36 Å². The molecule has 5 heteroatoms. The highest BCUT2D eigenvalue weighted by Crippen LogP contribution is 2.27. The number of carbonyl (C=O) groups excluding carboxylic acids is 1. The van der Waals surface area contributed by atoms with E-state index in [9.17, 15) is 4.79 Å². The molecule has 1 unspecified atom stereocenters. The Morgan fingerprint density at radius 1 is 1.14 bits per heavy atom. The Labute approximate surface area is 172 Å². The van der Waals surface area contributed by atoms with Crippen LogP contribution in [0.15, 0.2) is 60.9 Å².